The van der Waals surface area contributed by atoms with Crippen LogP contribution in [0.25, 0.3) is 0 Å². The molecule has 1 aromatic heterocycles. The van der Waals surface area contributed by atoms with E-state index in [1.54, 1.807) is 0 Å². The number of likely N-dealkylation sites (N-methyl/N-ethyl adjacent to an activating group) is 1. The molecule has 0 amide bonds. The first-order valence-corrected chi connectivity index (χ1v) is 8.07. The fourth-order valence-corrected chi connectivity index (χ4v) is 3.63. The molecule has 18 heavy (non-hydrogen) atoms. The zero-order valence-electron chi connectivity index (χ0n) is 11.5. The van der Waals surface area contributed by atoms with Crippen molar-refractivity contribution in [2.75, 3.05) is 13.2 Å². The Morgan fingerprint density at radius 1 is 1.44 bits per heavy atom. The van der Waals surface area contributed by atoms with E-state index in [1.165, 1.54) is 30.6 Å². The SMILES string of the molecule is CCNC(Cc1cccs1)CC1CC(OCC)C1. The summed E-state index contributed by atoms with van der Waals surface area (Å²) in [4.78, 5) is 1.50. The molecule has 3 heteroatoms. The molecule has 2 nitrogen and oxygen atoms in total. The Hall–Kier alpha value is -0.380. The van der Waals surface area contributed by atoms with Crippen molar-refractivity contribution in [2.45, 2.75) is 51.7 Å². The minimum atomic E-state index is 0.545. The van der Waals surface area contributed by atoms with Gasteiger partial charge in [-0.2, -0.15) is 0 Å². The summed E-state index contributed by atoms with van der Waals surface area (Å²) in [7, 11) is 0. The maximum atomic E-state index is 5.64. The maximum absolute atomic E-state index is 5.64. The van der Waals surface area contributed by atoms with E-state index < -0.39 is 0 Å². The van der Waals surface area contributed by atoms with Gasteiger partial charge in [-0.1, -0.05) is 13.0 Å². The number of hydrogen-bond acceptors (Lipinski definition) is 3. The van der Waals surface area contributed by atoms with E-state index in [0.29, 0.717) is 12.1 Å². The van der Waals surface area contributed by atoms with Gasteiger partial charge in [0.15, 0.2) is 0 Å². The highest BCUT2D eigenvalue weighted by molar-refractivity contribution is 7.09. The summed E-state index contributed by atoms with van der Waals surface area (Å²) in [5.41, 5.74) is 0. The molecule has 2 rings (SSSR count). The van der Waals surface area contributed by atoms with Gasteiger partial charge < -0.3 is 10.1 Å². The van der Waals surface area contributed by atoms with Crippen LogP contribution < -0.4 is 5.32 Å². The third kappa shape index (κ3) is 4.08. The Morgan fingerprint density at radius 3 is 2.89 bits per heavy atom. The third-order valence-electron chi connectivity index (χ3n) is 3.73. The van der Waals surface area contributed by atoms with E-state index >= 15 is 0 Å². The smallest absolute Gasteiger partial charge is 0.0580 e. The van der Waals surface area contributed by atoms with Crippen molar-refractivity contribution >= 4 is 11.3 Å². The van der Waals surface area contributed by atoms with Gasteiger partial charge in [-0.15, -0.1) is 11.3 Å². The van der Waals surface area contributed by atoms with Crippen LogP contribution in [-0.2, 0) is 11.2 Å². The fraction of sp³-hybridized carbons (Fsp3) is 0.733. The number of hydrogen-bond donors (Lipinski definition) is 1. The summed E-state index contributed by atoms with van der Waals surface area (Å²) < 4.78 is 5.64. The molecule has 1 fully saturated rings. The molecule has 1 saturated carbocycles. The van der Waals surface area contributed by atoms with Gasteiger partial charge in [0.1, 0.15) is 0 Å². The summed E-state index contributed by atoms with van der Waals surface area (Å²) in [6.45, 7) is 6.22. The van der Waals surface area contributed by atoms with Crippen molar-refractivity contribution < 1.29 is 4.74 Å². The molecule has 0 bridgehead atoms. The second-order valence-corrected chi connectivity index (χ2v) is 6.22. The first-order valence-electron chi connectivity index (χ1n) is 7.19. The second-order valence-electron chi connectivity index (χ2n) is 5.19. The third-order valence-corrected chi connectivity index (χ3v) is 4.63. The van der Waals surface area contributed by atoms with Gasteiger partial charge in [-0.05, 0) is 56.5 Å². The van der Waals surface area contributed by atoms with Crippen LogP contribution in [0.15, 0.2) is 17.5 Å². The highest BCUT2D eigenvalue weighted by Crippen LogP contribution is 2.34. The van der Waals surface area contributed by atoms with Gasteiger partial charge >= 0.3 is 0 Å². The minimum Gasteiger partial charge on any atom is -0.378 e. The molecule has 1 aromatic rings. The van der Waals surface area contributed by atoms with Gasteiger partial charge in [-0.25, -0.2) is 0 Å². The zero-order valence-corrected chi connectivity index (χ0v) is 12.3. The van der Waals surface area contributed by atoms with Gasteiger partial charge in [0.25, 0.3) is 0 Å². The Balaban J connectivity index is 1.73. The predicted molar refractivity (Wildman–Crippen MR) is 78.2 cm³/mol. The number of thiophene rings is 1. The molecule has 1 N–H and O–H groups in total. The van der Waals surface area contributed by atoms with Crippen molar-refractivity contribution in [3.63, 3.8) is 0 Å². The number of ether oxygens (including phenoxy) is 1. The van der Waals surface area contributed by atoms with Crippen molar-refractivity contribution in [1.82, 2.24) is 5.32 Å². The van der Waals surface area contributed by atoms with Gasteiger partial charge in [0, 0.05) is 17.5 Å². The van der Waals surface area contributed by atoms with Crippen LogP contribution in [0.3, 0.4) is 0 Å². The summed E-state index contributed by atoms with van der Waals surface area (Å²) >= 11 is 1.87. The van der Waals surface area contributed by atoms with Crippen LogP contribution in [0.4, 0.5) is 0 Å². The van der Waals surface area contributed by atoms with Crippen molar-refractivity contribution in [3.8, 4) is 0 Å². The molecule has 102 valence electrons. The van der Waals surface area contributed by atoms with Crippen molar-refractivity contribution in [1.29, 1.82) is 0 Å². The fourth-order valence-electron chi connectivity index (χ4n) is 2.84. The summed E-state index contributed by atoms with van der Waals surface area (Å²) in [5, 5.41) is 5.81. The second kappa shape index (κ2) is 7.27. The van der Waals surface area contributed by atoms with Crippen LogP contribution in [0.1, 0.15) is 38.0 Å². The molecular formula is C15H25NOS. The van der Waals surface area contributed by atoms with Crippen LogP contribution in [0.5, 0.6) is 0 Å². The Labute approximate surface area is 115 Å². The number of rotatable bonds is 8. The molecule has 1 heterocycles. The van der Waals surface area contributed by atoms with Crippen LogP contribution in [0, 0.1) is 5.92 Å². The monoisotopic (exact) mass is 267 g/mol. The van der Waals surface area contributed by atoms with Crippen LogP contribution in [0.2, 0.25) is 0 Å². The molecule has 0 aliphatic heterocycles. The first kappa shape index (κ1) is 14.0. The maximum Gasteiger partial charge on any atom is 0.0580 e. The Kier molecular flexibility index (Phi) is 5.67. The zero-order chi connectivity index (χ0) is 12.8. The van der Waals surface area contributed by atoms with Crippen molar-refractivity contribution in [2.24, 2.45) is 5.92 Å². The van der Waals surface area contributed by atoms with E-state index in [-0.39, 0.29) is 0 Å². The average molecular weight is 267 g/mol. The highest BCUT2D eigenvalue weighted by atomic mass is 32.1. The van der Waals surface area contributed by atoms with Gasteiger partial charge in [-0.3, -0.25) is 0 Å². The minimum absolute atomic E-state index is 0.545. The predicted octanol–water partition coefficient (Wildman–Crippen LogP) is 3.47. The molecule has 1 aliphatic rings. The molecule has 0 radical (unpaired) electrons. The van der Waals surface area contributed by atoms with E-state index in [0.717, 1.165) is 19.1 Å². The molecule has 1 unspecified atom stereocenters. The molecule has 1 atom stereocenters. The van der Waals surface area contributed by atoms with Crippen molar-refractivity contribution in [3.05, 3.63) is 22.4 Å². The summed E-state index contributed by atoms with van der Waals surface area (Å²) in [5.74, 6) is 0.866. The van der Waals surface area contributed by atoms with Crippen LogP contribution in [-0.4, -0.2) is 25.3 Å². The Bertz CT molecular complexity index is 319. The van der Waals surface area contributed by atoms with E-state index in [9.17, 15) is 0 Å². The van der Waals surface area contributed by atoms with E-state index in [1.807, 2.05) is 11.3 Å². The first-order chi connectivity index (χ1) is 8.81. The standard InChI is InChI=1S/C15H25NOS/c1-3-16-13(11-15-6-5-7-18-15)8-12-9-14(10-12)17-4-2/h5-7,12-14,16H,3-4,8-11H2,1-2H3. The molecule has 0 spiro atoms. The molecular weight excluding hydrogens is 242 g/mol. The van der Waals surface area contributed by atoms with E-state index in [2.05, 4.69) is 36.7 Å². The summed E-state index contributed by atoms with van der Waals surface area (Å²) in [6, 6.07) is 5.04. The van der Waals surface area contributed by atoms with Crippen LogP contribution >= 0.6 is 11.3 Å². The largest absolute Gasteiger partial charge is 0.378 e. The lowest BCUT2D eigenvalue weighted by Gasteiger charge is -2.37. The molecule has 0 aromatic carbocycles. The number of nitrogens with one attached hydrogen (secondary N) is 1. The van der Waals surface area contributed by atoms with E-state index in [4.69, 9.17) is 4.74 Å². The Morgan fingerprint density at radius 2 is 2.28 bits per heavy atom. The van der Waals surface area contributed by atoms with Gasteiger partial charge in [0.05, 0.1) is 6.10 Å². The lowest BCUT2D eigenvalue weighted by molar-refractivity contribution is -0.0289. The topological polar surface area (TPSA) is 21.3 Å². The molecule has 1 aliphatic carbocycles. The van der Waals surface area contributed by atoms with Gasteiger partial charge in [0.2, 0.25) is 0 Å². The summed E-state index contributed by atoms with van der Waals surface area (Å²) in [6.07, 6.45) is 5.56. The molecule has 0 saturated heterocycles. The normalized spacial score (nSPS) is 24.8. The average Bonchev–Trinajstić information content (AvgIpc) is 2.79. The highest BCUT2D eigenvalue weighted by Gasteiger charge is 2.31. The quantitative estimate of drug-likeness (QED) is 0.778. The lowest BCUT2D eigenvalue weighted by atomic mass is 9.77. The lowest BCUT2D eigenvalue weighted by Crippen LogP contribution is -2.39.